The van der Waals surface area contributed by atoms with Gasteiger partial charge in [0.2, 0.25) is 5.88 Å². The predicted octanol–water partition coefficient (Wildman–Crippen LogP) is 3.43. The summed E-state index contributed by atoms with van der Waals surface area (Å²) in [5.74, 6) is 1.47. The first-order valence-electron chi connectivity index (χ1n) is 9.15. The van der Waals surface area contributed by atoms with Crippen LogP contribution in [0.2, 0.25) is 0 Å². The van der Waals surface area contributed by atoms with Crippen molar-refractivity contribution in [1.82, 2.24) is 15.6 Å². The summed E-state index contributed by atoms with van der Waals surface area (Å²) < 4.78 is 5.92. The molecule has 1 aliphatic rings. The van der Waals surface area contributed by atoms with Gasteiger partial charge in [-0.05, 0) is 31.4 Å². The molecule has 1 aromatic carbocycles. The normalized spacial score (nSPS) is 14.4. The summed E-state index contributed by atoms with van der Waals surface area (Å²) in [6.07, 6.45) is 8.25. The van der Waals surface area contributed by atoms with Crippen LogP contribution in [0.15, 0.2) is 65.8 Å². The Balaban J connectivity index is 1.63. The van der Waals surface area contributed by atoms with Gasteiger partial charge in [-0.15, -0.1) is 0 Å². The van der Waals surface area contributed by atoms with E-state index in [0.717, 1.165) is 36.5 Å². The third-order valence-electron chi connectivity index (χ3n) is 4.17. The minimum Gasteiger partial charge on any atom is -0.473 e. The first-order chi connectivity index (χ1) is 12.8. The number of nitrogens with one attached hydrogen (secondary N) is 2. The average Bonchev–Trinajstić information content (AvgIpc) is 3.19. The summed E-state index contributed by atoms with van der Waals surface area (Å²) in [4.78, 5) is 9.09. The van der Waals surface area contributed by atoms with Gasteiger partial charge < -0.3 is 15.4 Å². The summed E-state index contributed by atoms with van der Waals surface area (Å²) >= 11 is 0. The molecule has 0 bridgehead atoms. The molecule has 0 radical (unpaired) electrons. The molecule has 1 aromatic heterocycles. The van der Waals surface area contributed by atoms with Crippen LogP contribution in [0.4, 0.5) is 0 Å². The number of ether oxygens (including phenoxy) is 1. The first-order valence-corrected chi connectivity index (χ1v) is 9.15. The average molecular weight is 350 g/mol. The van der Waals surface area contributed by atoms with Gasteiger partial charge in [-0.1, -0.05) is 48.6 Å². The highest BCUT2D eigenvalue weighted by Gasteiger charge is 2.12. The number of nitrogens with zero attached hydrogens (tertiary/aromatic N) is 2. The van der Waals surface area contributed by atoms with Crippen LogP contribution < -0.4 is 15.4 Å². The molecule has 1 heterocycles. The van der Waals surface area contributed by atoms with E-state index in [9.17, 15) is 0 Å². The number of benzene rings is 1. The van der Waals surface area contributed by atoms with Crippen molar-refractivity contribution in [2.75, 3.05) is 6.54 Å². The lowest BCUT2D eigenvalue weighted by atomic mass is 10.2. The van der Waals surface area contributed by atoms with E-state index in [1.54, 1.807) is 6.20 Å². The number of rotatable bonds is 7. The van der Waals surface area contributed by atoms with Gasteiger partial charge in [0, 0.05) is 24.3 Å². The maximum absolute atomic E-state index is 5.92. The predicted molar refractivity (Wildman–Crippen MR) is 105 cm³/mol. The van der Waals surface area contributed by atoms with Crippen LogP contribution in [-0.4, -0.2) is 23.5 Å². The lowest BCUT2D eigenvalue weighted by Gasteiger charge is -2.17. The fraction of sp³-hybridized carbons (Fsp3) is 0.333. The Kier molecular flexibility index (Phi) is 6.65. The topological polar surface area (TPSA) is 58.5 Å². The van der Waals surface area contributed by atoms with Crippen molar-refractivity contribution in [3.8, 4) is 5.88 Å². The number of pyridine rings is 1. The molecule has 0 atom stereocenters. The van der Waals surface area contributed by atoms with E-state index >= 15 is 0 Å². The molecular formula is C21H26N4O. The van der Waals surface area contributed by atoms with Crippen LogP contribution in [0.5, 0.6) is 5.88 Å². The number of hydrogen-bond acceptors (Lipinski definition) is 3. The number of hydrogen-bond donors (Lipinski definition) is 2. The molecule has 5 heteroatoms. The summed E-state index contributed by atoms with van der Waals surface area (Å²) in [7, 11) is 0. The van der Waals surface area contributed by atoms with Crippen molar-refractivity contribution in [3.05, 3.63) is 71.9 Å². The lowest BCUT2D eigenvalue weighted by Crippen LogP contribution is -2.42. The third-order valence-corrected chi connectivity index (χ3v) is 4.17. The zero-order valence-electron chi connectivity index (χ0n) is 15.2. The molecule has 0 saturated carbocycles. The molecule has 0 saturated heterocycles. The largest absolute Gasteiger partial charge is 0.473 e. The Bertz CT molecular complexity index is 735. The Morgan fingerprint density at radius 2 is 1.96 bits per heavy atom. The number of aromatic nitrogens is 1. The molecule has 2 N–H and O–H groups in total. The summed E-state index contributed by atoms with van der Waals surface area (Å²) in [6, 6.07) is 14.5. The summed E-state index contributed by atoms with van der Waals surface area (Å²) in [6.45, 7) is 3.92. The highest BCUT2D eigenvalue weighted by Crippen LogP contribution is 2.17. The molecule has 5 nitrogen and oxygen atoms in total. The van der Waals surface area contributed by atoms with E-state index in [-0.39, 0.29) is 0 Å². The van der Waals surface area contributed by atoms with E-state index in [4.69, 9.17) is 9.73 Å². The van der Waals surface area contributed by atoms with E-state index in [0.29, 0.717) is 25.1 Å². The van der Waals surface area contributed by atoms with Crippen LogP contribution in [0, 0.1) is 0 Å². The Morgan fingerprint density at radius 1 is 1.15 bits per heavy atom. The van der Waals surface area contributed by atoms with Crippen molar-refractivity contribution in [2.24, 2.45) is 4.99 Å². The molecule has 2 aromatic rings. The summed E-state index contributed by atoms with van der Waals surface area (Å²) in [5.41, 5.74) is 2.10. The van der Waals surface area contributed by atoms with E-state index in [2.05, 4.69) is 34.7 Å². The molecule has 0 fully saturated rings. The second kappa shape index (κ2) is 9.61. The number of guanidine groups is 1. The molecule has 26 heavy (non-hydrogen) atoms. The van der Waals surface area contributed by atoms with Gasteiger partial charge in [0.1, 0.15) is 6.61 Å². The van der Waals surface area contributed by atoms with Gasteiger partial charge in [0.25, 0.3) is 0 Å². The van der Waals surface area contributed by atoms with Gasteiger partial charge in [0.05, 0.1) is 6.54 Å². The van der Waals surface area contributed by atoms with Crippen LogP contribution in [0.3, 0.4) is 0 Å². The Labute approximate surface area is 155 Å². The lowest BCUT2D eigenvalue weighted by molar-refractivity contribution is 0.290. The molecule has 136 valence electrons. The van der Waals surface area contributed by atoms with Gasteiger partial charge >= 0.3 is 0 Å². The van der Waals surface area contributed by atoms with Crippen LogP contribution in [0.1, 0.15) is 30.9 Å². The van der Waals surface area contributed by atoms with Gasteiger partial charge in [-0.2, -0.15) is 0 Å². The Morgan fingerprint density at radius 3 is 2.73 bits per heavy atom. The zero-order valence-corrected chi connectivity index (χ0v) is 15.2. The molecule has 0 aliphatic heterocycles. The fourth-order valence-corrected chi connectivity index (χ4v) is 2.81. The fourth-order valence-electron chi connectivity index (χ4n) is 2.81. The van der Waals surface area contributed by atoms with Crippen LogP contribution in [0.25, 0.3) is 0 Å². The number of aliphatic imine (C=N–C) groups is 1. The quantitative estimate of drug-likeness (QED) is 0.456. The molecule has 1 aliphatic carbocycles. The molecule has 0 amide bonds. The van der Waals surface area contributed by atoms with Gasteiger partial charge in [0.15, 0.2) is 5.96 Å². The first kappa shape index (κ1) is 18.0. The van der Waals surface area contributed by atoms with Crippen molar-refractivity contribution in [3.63, 3.8) is 0 Å². The van der Waals surface area contributed by atoms with Crippen LogP contribution >= 0.6 is 0 Å². The third kappa shape index (κ3) is 5.34. The van der Waals surface area contributed by atoms with Gasteiger partial charge in [-0.3, -0.25) is 0 Å². The van der Waals surface area contributed by atoms with Crippen LogP contribution in [-0.2, 0) is 13.2 Å². The smallest absolute Gasteiger partial charge is 0.218 e. The Hall–Kier alpha value is -2.82. The van der Waals surface area contributed by atoms with Crippen molar-refractivity contribution in [1.29, 1.82) is 0 Å². The monoisotopic (exact) mass is 350 g/mol. The van der Waals surface area contributed by atoms with Crippen molar-refractivity contribution < 1.29 is 4.74 Å². The SMILES string of the molecule is CCNC(=NCc1cccnc1OCc1ccccc1)NC1CC=CC1. The standard InChI is InChI=1S/C21H26N4O/c1-2-22-21(25-19-12-6-7-13-19)24-15-18-11-8-14-23-20(18)26-16-17-9-4-3-5-10-17/h3-11,14,19H,2,12-13,15-16H2,1H3,(H2,22,24,25). The molecular weight excluding hydrogens is 324 g/mol. The molecule has 0 spiro atoms. The zero-order chi connectivity index (χ0) is 18.0. The summed E-state index contributed by atoms with van der Waals surface area (Å²) in [5, 5.41) is 6.79. The van der Waals surface area contributed by atoms with Crippen molar-refractivity contribution in [2.45, 2.75) is 39.0 Å². The van der Waals surface area contributed by atoms with Gasteiger partial charge in [-0.25, -0.2) is 9.98 Å². The second-order valence-corrected chi connectivity index (χ2v) is 6.22. The minimum absolute atomic E-state index is 0.426. The maximum Gasteiger partial charge on any atom is 0.218 e. The minimum atomic E-state index is 0.426. The highest BCUT2D eigenvalue weighted by atomic mass is 16.5. The molecule has 0 unspecified atom stereocenters. The second-order valence-electron chi connectivity index (χ2n) is 6.22. The highest BCUT2D eigenvalue weighted by molar-refractivity contribution is 5.80. The van der Waals surface area contributed by atoms with E-state index < -0.39 is 0 Å². The maximum atomic E-state index is 5.92. The van der Waals surface area contributed by atoms with E-state index in [1.165, 1.54) is 0 Å². The van der Waals surface area contributed by atoms with Crippen molar-refractivity contribution >= 4 is 5.96 Å². The van der Waals surface area contributed by atoms with E-state index in [1.807, 2.05) is 42.5 Å². The molecule has 3 rings (SSSR count).